The number of carbonyl (C=O) groups excluding carboxylic acids is 2. The van der Waals surface area contributed by atoms with Crippen LogP contribution in [0.15, 0.2) is 24.3 Å². The molecule has 2 amide bonds. The van der Waals surface area contributed by atoms with Gasteiger partial charge in [-0.2, -0.15) is 0 Å². The van der Waals surface area contributed by atoms with Crippen molar-refractivity contribution in [3.05, 3.63) is 29.8 Å². The highest BCUT2D eigenvalue weighted by molar-refractivity contribution is 5.99. The van der Waals surface area contributed by atoms with Crippen molar-refractivity contribution in [3.8, 4) is 0 Å². The van der Waals surface area contributed by atoms with Crippen LogP contribution in [0.25, 0.3) is 0 Å². The number of hydrogen-bond acceptors (Lipinski definition) is 3. The molecule has 0 spiro atoms. The third kappa shape index (κ3) is 2.36. The molecule has 1 N–H and O–H groups in total. The molecule has 0 radical (unpaired) electrons. The Morgan fingerprint density at radius 2 is 1.94 bits per heavy atom. The number of hydrogen-bond donors (Lipinski definition) is 1. The second-order valence-corrected chi connectivity index (χ2v) is 4.36. The van der Waals surface area contributed by atoms with Crippen LogP contribution >= 0.6 is 0 Å². The third-order valence-corrected chi connectivity index (χ3v) is 3.05. The van der Waals surface area contributed by atoms with E-state index in [1.807, 2.05) is 12.1 Å². The number of carbonyl (C=O) groups is 2. The second kappa shape index (κ2) is 5.18. The summed E-state index contributed by atoms with van der Waals surface area (Å²) in [5, 5.41) is 2.83. The maximum atomic E-state index is 11.8. The van der Waals surface area contributed by atoms with E-state index in [-0.39, 0.29) is 11.8 Å². The van der Waals surface area contributed by atoms with E-state index >= 15 is 0 Å². The predicted molar refractivity (Wildman–Crippen MR) is 70.1 cm³/mol. The van der Waals surface area contributed by atoms with Crippen molar-refractivity contribution in [2.24, 2.45) is 0 Å². The Balaban J connectivity index is 2.13. The summed E-state index contributed by atoms with van der Waals surface area (Å²) in [5.41, 5.74) is 1.50. The first-order valence-electron chi connectivity index (χ1n) is 5.94. The fourth-order valence-electron chi connectivity index (χ4n) is 1.98. The van der Waals surface area contributed by atoms with Gasteiger partial charge in [0.05, 0.1) is 6.54 Å². The molecular weight excluding hydrogens is 230 g/mol. The Morgan fingerprint density at radius 1 is 1.28 bits per heavy atom. The van der Waals surface area contributed by atoms with Gasteiger partial charge in [0.2, 0.25) is 0 Å². The molecule has 18 heavy (non-hydrogen) atoms. The standard InChI is InChI=1S/C13H17N3O2/c1-14-9-12(17)10-3-5-11(6-4-10)16-8-7-15(2)13(16)18/h3-6,14H,7-9H2,1-2H3. The minimum absolute atomic E-state index is 0.00398. The zero-order valence-electron chi connectivity index (χ0n) is 10.6. The number of urea groups is 1. The molecule has 1 aliphatic rings. The van der Waals surface area contributed by atoms with E-state index in [0.717, 1.165) is 12.2 Å². The number of ketones is 1. The SMILES string of the molecule is CNCC(=O)c1ccc(N2CCN(C)C2=O)cc1. The van der Waals surface area contributed by atoms with Crippen LogP contribution in [0.3, 0.4) is 0 Å². The molecule has 0 aliphatic carbocycles. The van der Waals surface area contributed by atoms with Crippen LogP contribution in [-0.2, 0) is 0 Å². The molecular formula is C13H17N3O2. The highest BCUT2D eigenvalue weighted by atomic mass is 16.2. The number of benzene rings is 1. The number of likely N-dealkylation sites (N-methyl/N-ethyl adjacent to an activating group) is 2. The summed E-state index contributed by atoms with van der Waals surface area (Å²) in [4.78, 5) is 26.8. The van der Waals surface area contributed by atoms with Crippen molar-refractivity contribution in [1.82, 2.24) is 10.2 Å². The van der Waals surface area contributed by atoms with Crippen LogP contribution in [0.5, 0.6) is 0 Å². The minimum Gasteiger partial charge on any atom is -0.326 e. The van der Waals surface area contributed by atoms with E-state index in [9.17, 15) is 9.59 Å². The number of anilines is 1. The van der Waals surface area contributed by atoms with E-state index in [1.54, 1.807) is 36.0 Å². The van der Waals surface area contributed by atoms with Gasteiger partial charge in [0, 0.05) is 31.4 Å². The quantitative estimate of drug-likeness (QED) is 0.806. The number of amides is 2. The minimum atomic E-state index is 0.00398. The van der Waals surface area contributed by atoms with Gasteiger partial charge in [-0.15, -0.1) is 0 Å². The van der Waals surface area contributed by atoms with Gasteiger partial charge in [-0.25, -0.2) is 4.79 Å². The smallest absolute Gasteiger partial charge is 0.324 e. The molecule has 1 fully saturated rings. The molecule has 0 unspecified atom stereocenters. The lowest BCUT2D eigenvalue weighted by Gasteiger charge is -2.16. The molecule has 1 aromatic rings. The topological polar surface area (TPSA) is 52.7 Å². The first-order valence-corrected chi connectivity index (χ1v) is 5.94. The molecule has 0 atom stereocenters. The van der Waals surface area contributed by atoms with E-state index in [2.05, 4.69) is 5.32 Å². The summed E-state index contributed by atoms with van der Waals surface area (Å²) >= 11 is 0. The van der Waals surface area contributed by atoms with Crippen molar-refractivity contribution in [1.29, 1.82) is 0 Å². The molecule has 0 saturated carbocycles. The Bertz CT molecular complexity index is 456. The van der Waals surface area contributed by atoms with Gasteiger partial charge in [0.15, 0.2) is 5.78 Å². The summed E-state index contributed by atoms with van der Waals surface area (Å²) in [6, 6.07) is 7.17. The molecule has 5 nitrogen and oxygen atoms in total. The molecule has 1 saturated heterocycles. The molecule has 0 bridgehead atoms. The van der Waals surface area contributed by atoms with Gasteiger partial charge < -0.3 is 10.2 Å². The first kappa shape index (κ1) is 12.6. The zero-order chi connectivity index (χ0) is 13.1. The monoisotopic (exact) mass is 247 g/mol. The van der Waals surface area contributed by atoms with Gasteiger partial charge in [-0.3, -0.25) is 9.69 Å². The molecule has 1 aliphatic heterocycles. The summed E-state index contributed by atoms with van der Waals surface area (Å²) in [6.07, 6.45) is 0. The van der Waals surface area contributed by atoms with Crippen molar-refractivity contribution in [2.45, 2.75) is 0 Å². The summed E-state index contributed by atoms with van der Waals surface area (Å²) in [7, 11) is 3.53. The van der Waals surface area contributed by atoms with Crippen LogP contribution in [0, 0.1) is 0 Å². The maximum absolute atomic E-state index is 11.8. The molecule has 2 rings (SSSR count). The Kier molecular flexibility index (Phi) is 3.62. The average molecular weight is 247 g/mol. The van der Waals surface area contributed by atoms with Crippen LogP contribution in [0.2, 0.25) is 0 Å². The Morgan fingerprint density at radius 3 is 2.44 bits per heavy atom. The van der Waals surface area contributed by atoms with Crippen molar-refractivity contribution < 1.29 is 9.59 Å². The van der Waals surface area contributed by atoms with E-state index in [1.165, 1.54) is 0 Å². The van der Waals surface area contributed by atoms with Crippen LogP contribution < -0.4 is 10.2 Å². The van der Waals surface area contributed by atoms with E-state index in [4.69, 9.17) is 0 Å². The van der Waals surface area contributed by atoms with E-state index < -0.39 is 0 Å². The fourth-order valence-corrected chi connectivity index (χ4v) is 1.98. The maximum Gasteiger partial charge on any atom is 0.324 e. The normalized spacial score (nSPS) is 15.3. The van der Waals surface area contributed by atoms with Gasteiger partial charge >= 0.3 is 6.03 Å². The molecule has 0 aromatic heterocycles. The highest BCUT2D eigenvalue weighted by Gasteiger charge is 2.26. The second-order valence-electron chi connectivity index (χ2n) is 4.36. The fraction of sp³-hybridized carbons (Fsp3) is 0.385. The Hall–Kier alpha value is -1.88. The lowest BCUT2D eigenvalue weighted by Crippen LogP contribution is -2.29. The number of nitrogens with one attached hydrogen (secondary N) is 1. The lowest BCUT2D eigenvalue weighted by atomic mass is 10.1. The summed E-state index contributed by atoms with van der Waals surface area (Å²) < 4.78 is 0. The molecule has 96 valence electrons. The number of nitrogens with zero attached hydrogens (tertiary/aromatic N) is 2. The molecule has 1 heterocycles. The first-order chi connectivity index (χ1) is 8.63. The molecule has 5 heteroatoms. The van der Waals surface area contributed by atoms with E-state index in [0.29, 0.717) is 18.7 Å². The van der Waals surface area contributed by atoms with Crippen LogP contribution in [0.4, 0.5) is 10.5 Å². The van der Waals surface area contributed by atoms with Gasteiger partial charge in [0.25, 0.3) is 0 Å². The number of rotatable bonds is 4. The van der Waals surface area contributed by atoms with Gasteiger partial charge in [-0.05, 0) is 31.3 Å². The predicted octanol–water partition coefficient (Wildman–Crippen LogP) is 0.960. The van der Waals surface area contributed by atoms with Crippen molar-refractivity contribution in [2.75, 3.05) is 38.6 Å². The van der Waals surface area contributed by atoms with Gasteiger partial charge in [-0.1, -0.05) is 0 Å². The van der Waals surface area contributed by atoms with Crippen molar-refractivity contribution in [3.63, 3.8) is 0 Å². The Labute approximate surface area is 106 Å². The highest BCUT2D eigenvalue weighted by Crippen LogP contribution is 2.20. The third-order valence-electron chi connectivity index (χ3n) is 3.05. The summed E-state index contributed by atoms with van der Waals surface area (Å²) in [5.74, 6) is 0.0499. The number of Topliss-reactive ketones (excluding diaryl/α,β-unsaturated/α-hetero) is 1. The van der Waals surface area contributed by atoms with Gasteiger partial charge in [0.1, 0.15) is 0 Å². The summed E-state index contributed by atoms with van der Waals surface area (Å²) in [6.45, 7) is 1.75. The van der Waals surface area contributed by atoms with Crippen LogP contribution in [-0.4, -0.2) is 50.4 Å². The average Bonchev–Trinajstić information content (AvgIpc) is 2.71. The molecule has 1 aromatic carbocycles. The van der Waals surface area contributed by atoms with Crippen molar-refractivity contribution >= 4 is 17.5 Å². The lowest BCUT2D eigenvalue weighted by molar-refractivity contribution is 0.0993. The zero-order valence-corrected chi connectivity index (χ0v) is 10.6. The van der Waals surface area contributed by atoms with Crippen LogP contribution in [0.1, 0.15) is 10.4 Å². The largest absolute Gasteiger partial charge is 0.326 e.